The molecule has 4 aromatic rings. The SMILES string of the molecule is CN=C(C)c1ccc2c3ccccc3c3ccccc3c2c1. The van der Waals surface area contributed by atoms with Crippen LogP contribution in [0.5, 0.6) is 0 Å². The van der Waals surface area contributed by atoms with Crippen molar-refractivity contribution < 1.29 is 0 Å². The van der Waals surface area contributed by atoms with Gasteiger partial charge in [0.05, 0.1) is 0 Å². The minimum absolute atomic E-state index is 1.07. The van der Waals surface area contributed by atoms with Crippen LogP contribution >= 0.6 is 0 Å². The summed E-state index contributed by atoms with van der Waals surface area (Å²) in [7, 11) is 1.85. The van der Waals surface area contributed by atoms with Crippen LogP contribution in [0.2, 0.25) is 0 Å². The molecule has 0 unspecified atom stereocenters. The van der Waals surface area contributed by atoms with E-state index in [4.69, 9.17) is 0 Å². The normalized spacial score (nSPS) is 12.4. The van der Waals surface area contributed by atoms with Gasteiger partial charge in [0.15, 0.2) is 0 Å². The maximum absolute atomic E-state index is 4.32. The van der Waals surface area contributed by atoms with E-state index in [1.807, 2.05) is 7.05 Å². The number of aliphatic imine (C=N–C) groups is 1. The number of hydrogen-bond donors (Lipinski definition) is 0. The third-order valence-corrected chi connectivity index (χ3v) is 4.50. The zero-order chi connectivity index (χ0) is 15.1. The Kier molecular flexibility index (Phi) is 2.93. The van der Waals surface area contributed by atoms with Crippen LogP contribution in [0.3, 0.4) is 0 Å². The van der Waals surface area contributed by atoms with Crippen molar-refractivity contribution in [3.8, 4) is 0 Å². The van der Waals surface area contributed by atoms with Crippen molar-refractivity contribution in [1.29, 1.82) is 0 Å². The summed E-state index contributed by atoms with van der Waals surface area (Å²) in [4.78, 5) is 4.32. The maximum atomic E-state index is 4.32. The lowest BCUT2D eigenvalue weighted by Gasteiger charge is -2.11. The summed E-state index contributed by atoms with van der Waals surface area (Å²) in [5.74, 6) is 0. The Labute approximate surface area is 129 Å². The third kappa shape index (κ3) is 1.82. The lowest BCUT2D eigenvalue weighted by atomic mass is 9.93. The molecular formula is C21H17N. The van der Waals surface area contributed by atoms with Crippen molar-refractivity contribution in [2.75, 3.05) is 7.05 Å². The van der Waals surface area contributed by atoms with E-state index in [9.17, 15) is 0 Å². The molecule has 106 valence electrons. The molecule has 0 bridgehead atoms. The molecule has 1 nitrogen and oxygen atoms in total. The molecule has 0 saturated carbocycles. The second-order valence-corrected chi connectivity index (χ2v) is 5.66. The first-order valence-corrected chi connectivity index (χ1v) is 7.56. The van der Waals surface area contributed by atoms with E-state index in [0.29, 0.717) is 0 Å². The quantitative estimate of drug-likeness (QED) is 0.319. The first kappa shape index (κ1) is 13.0. The van der Waals surface area contributed by atoms with E-state index in [-0.39, 0.29) is 0 Å². The predicted octanol–water partition coefficient (Wildman–Crippen LogP) is 5.59. The highest BCUT2D eigenvalue weighted by molar-refractivity contribution is 6.26. The van der Waals surface area contributed by atoms with Crippen LogP contribution in [0, 0.1) is 0 Å². The fourth-order valence-corrected chi connectivity index (χ4v) is 3.26. The van der Waals surface area contributed by atoms with Gasteiger partial charge >= 0.3 is 0 Å². The topological polar surface area (TPSA) is 12.4 Å². The second kappa shape index (κ2) is 4.96. The van der Waals surface area contributed by atoms with E-state index >= 15 is 0 Å². The summed E-state index contributed by atoms with van der Waals surface area (Å²) < 4.78 is 0. The summed E-state index contributed by atoms with van der Waals surface area (Å²) in [5.41, 5.74) is 2.26. The van der Waals surface area contributed by atoms with Crippen molar-refractivity contribution in [3.05, 3.63) is 72.3 Å². The first-order chi connectivity index (χ1) is 10.8. The minimum atomic E-state index is 1.07. The smallest absolute Gasteiger partial charge is 0.0386 e. The number of hydrogen-bond acceptors (Lipinski definition) is 1. The molecule has 0 aliphatic carbocycles. The fourth-order valence-electron chi connectivity index (χ4n) is 3.26. The summed E-state index contributed by atoms with van der Waals surface area (Å²) in [6, 6.07) is 24.0. The zero-order valence-electron chi connectivity index (χ0n) is 12.8. The molecule has 0 heterocycles. The number of benzene rings is 4. The van der Waals surface area contributed by atoms with Gasteiger partial charge in [-0.2, -0.15) is 0 Å². The lowest BCUT2D eigenvalue weighted by Crippen LogP contribution is -1.94. The third-order valence-electron chi connectivity index (χ3n) is 4.50. The summed E-state index contributed by atoms with van der Waals surface area (Å²) in [6.45, 7) is 2.06. The highest BCUT2D eigenvalue weighted by Crippen LogP contribution is 2.35. The van der Waals surface area contributed by atoms with Crippen molar-refractivity contribution in [1.82, 2.24) is 0 Å². The van der Waals surface area contributed by atoms with E-state index in [2.05, 4.69) is 78.6 Å². The molecule has 4 aromatic carbocycles. The Bertz CT molecular complexity index is 1010. The molecule has 0 saturated heterocycles. The minimum Gasteiger partial charge on any atom is -0.293 e. The van der Waals surface area contributed by atoms with Gasteiger partial charge in [-0.1, -0.05) is 60.7 Å². The Hall–Kier alpha value is -2.67. The highest BCUT2D eigenvalue weighted by Gasteiger charge is 2.09. The van der Waals surface area contributed by atoms with E-state index in [0.717, 1.165) is 5.71 Å². The Morgan fingerprint density at radius 3 is 1.59 bits per heavy atom. The van der Waals surface area contributed by atoms with Gasteiger partial charge in [-0.15, -0.1) is 0 Å². The summed E-state index contributed by atoms with van der Waals surface area (Å²) in [6.07, 6.45) is 0. The van der Waals surface area contributed by atoms with Gasteiger partial charge in [0, 0.05) is 12.8 Å². The second-order valence-electron chi connectivity index (χ2n) is 5.66. The molecule has 0 fully saturated rings. The summed E-state index contributed by atoms with van der Waals surface area (Å²) in [5, 5.41) is 7.86. The van der Waals surface area contributed by atoms with Crippen LogP contribution in [0.4, 0.5) is 0 Å². The van der Waals surface area contributed by atoms with E-state index < -0.39 is 0 Å². The van der Waals surface area contributed by atoms with E-state index in [1.54, 1.807) is 0 Å². The van der Waals surface area contributed by atoms with Crippen LogP contribution in [-0.2, 0) is 0 Å². The molecule has 4 rings (SSSR count). The molecule has 0 atom stereocenters. The van der Waals surface area contributed by atoms with Crippen molar-refractivity contribution >= 4 is 38.0 Å². The summed E-state index contributed by atoms with van der Waals surface area (Å²) >= 11 is 0. The molecule has 0 aromatic heterocycles. The van der Waals surface area contributed by atoms with Crippen LogP contribution in [-0.4, -0.2) is 12.8 Å². The van der Waals surface area contributed by atoms with E-state index in [1.165, 1.54) is 37.9 Å². The molecule has 0 aliphatic rings. The molecule has 22 heavy (non-hydrogen) atoms. The van der Waals surface area contributed by atoms with Crippen LogP contribution < -0.4 is 0 Å². The van der Waals surface area contributed by atoms with Gasteiger partial charge in [-0.25, -0.2) is 0 Å². The Balaban J connectivity index is 2.27. The molecule has 0 spiro atoms. The Morgan fingerprint density at radius 1 is 0.636 bits per heavy atom. The van der Waals surface area contributed by atoms with Gasteiger partial charge in [0.2, 0.25) is 0 Å². The molecule has 0 amide bonds. The molecule has 1 heteroatoms. The fraction of sp³-hybridized carbons (Fsp3) is 0.0952. The van der Waals surface area contributed by atoms with Gasteiger partial charge in [-0.3, -0.25) is 4.99 Å². The molecule has 0 radical (unpaired) electrons. The van der Waals surface area contributed by atoms with Gasteiger partial charge in [0.1, 0.15) is 0 Å². The predicted molar refractivity (Wildman–Crippen MR) is 97.1 cm³/mol. The van der Waals surface area contributed by atoms with Crippen LogP contribution in [0.1, 0.15) is 12.5 Å². The number of rotatable bonds is 1. The number of nitrogens with zero attached hydrogens (tertiary/aromatic N) is 1. The molecule has 0 aliphatic heterocycles. The highest BCUT2D eigenvalue weighted by atomic mass is 14.7. The monoisotopic (exact) mass is 283 g/mol. The largest absolute Gasteiger partial charge is 0.293 e. The maximum Gasteiger partial charge on any atom is 0.0386 e. The first-order valence-electron chi connectivity index (χ1n) is 7.56. The van der Waals surface area contributed by atoms with Crippen molar-refractivity contribution in [2.45, 2.75) is 6.92 Å². The van der Waals surface area contributed by atoms with Crippen LogP contribution in [0.15, 0.2) is 71.7 Å². The lowest BCUT2D eigenvalue weighted by molar-refractivity contribution is 1.41. The standard InChI is InChI=1S/C21H17N/c1-14(22-2)15-11-12-20-18-9-4-3-7-16(18)17-8-5-6-10-19(17)21(20)13-15/h3-13H,1-2H3. The van der Waals surface area contributed by atoms with Gasteiger partial charge in [0.25, 0.3) is 0 Å². The average molecular weight is 283 g/mol. The average Bonchev–Trinajstić information content (AvgIpc) is 2.61. The zero-order valence-corrected chi connectivity index (χ0v) is 12.8. The van der Waals surface area contributed by atoms with Gasteiger partial charge in [-0.05, 0) is 50.9 Å². The van der Waals surface area contributed by atoms with Gasteiger partial charge < -0.3 is 0 Å². The van der Waals surface area contributed by atoms with Crippen LogP contribution in [0.25, 0.3) is 32.3 Å². The molecular weight excluding hydrogens is 266 g/mol. The molecule has 0 N–H and O–H groups in total. The Morgan fingerprint density at radius 2 is 1.09 bits per heavy atom. The number of fused-ring (bicyclic) bond motifs is 6. The van der Waals surface area contributed by atoms with Crippen molar-refractivity contribution in [3.63, 3.8) is 0 Å². The van der Waals surface area contributed by atoms with Crippen molar-refractivity contribution in [2.24, 2.45) is 4.99 Å².